The third-order valence-corrected chi connectivity index (χ3v) is 11.9. The molecule has 292 valence electrons. The van der Waals surface area contributed by atoms with Crippen LogP contribution >= 0.6 is 15.9 Å². The fraction of sp³-hybridized carbons (Fsp3) is 0.381. The molecule has 3 saturated heterocycles. The Morgan fingerprint density at radius 1 is 1.05 bits per heavy atom. The van der Waals surface area contributed by atoms with Gasteiger partial charge in [0, 0.05) is 17.8 Å². The Hall–Kier alpha value is -5.18. The zero-order valence-corrected chi connectivity index (χ0v) is 32.4. The Balaban J connectivity index is 1.25. The summed E-state index contributed by atoms with van der Waals surface area (Å²) in [6, 6.07) is 23.2. The number of fused-ring (bicyclic) bond motifs is 2. The van der Waals surface area contributed by atoms with Crippen LogP contribution in [0.2, 0.25) is 0 Å². The lowest BCUT2D eigenvalue weighted by Gasteiger charge is -2.39. The number of esters is 1. The molecule has 14 heteroatoms. The molecule has 3 aliphatic rings. The Morgan fingerprint density at radius 2 is 1.77 bits per heavy atom. The lowest BCUT2D eigenvalue weighted by atomic mass is 9.70. The van der Waals surface area contributed by atoms with Gasteiger partial charge in [-0.05, 0) is 42.5 Å². The van der Waals surface area contributed by atoms with E-state index in [1.165, 1.54) is 4.90 Å². The SMILES string of the molecule is C=CCCC(=O)OC[C@H](NC(=O)[C@H]1[C@@H]2O[C@@]3(CC2Br)[C@@H]1C(=O)N([C@@H](CO)Cc1ccccc1)[C@@H]3C(=O)N(CC=C)Cn1nnc2ccccc21)c1ccccc1. The molecule has 0 aliphatic carbocycles. The molecule has 1 unspecified atom stereocenters. The highest BCUT2D eigenvalue weighted by atomic mass is 79.9. The molecule has 4 heterocycles. The third kappa shape index (κ3) is 7.40. The van der Waals surface area contributed by atoms with E-state index in [4.69, 9.17) is 9.47 Å². The number of likely N-dealkylation sites (tertiary alicyclic amines) is 1. The van der Waals surface area contributed by atoms with Crippen LogP contribution in [0, 0.1) is 11.8 Å². The largest absolute Gasteiger partial charge is 0.463 e. The smallest absolute Gasteiger partial charge is 0.306 e. The second kappa shape index (κ2) is 16.9. The first-order chi connectivity index (χ1) is 27.2. The Kier molecular flexibility index (Phi) is 11.8. The number of hydrogen-bond donors (Lipinski definition) is 2. The standard InChI is InChI=1S/C42H45BrN6O7/c1-3-5-20-34(51)55-25-32(28-16-10-7-11-17-28)44-39(52)35-36-40(53)49(29(24-50)22-27-14-8-6-9-15-27)38(42(36)23-30(43)37(35)56-42)41(54)47(21-4-2)26-48-33-19-13-12-18-31(33)45-46-48/h3-4,6-19,29-30,32,35-38,50H,1-2,5,20-26H2,(H,44,52)/t29-,30?,32+,35-,36+,37-,38-,42+/m1/s1. The van der Waals surface area contributed by atoms with Crippen molar-refractivity contribution in [1.29, 1.82) is 0 Å². The number of nitrogens with one attached hydrogen (secondary N) is 1. The van der Waals surface area contributed by atoms with Gasteiger partial charge in [0.15, 0.2) is 0 Å². The number of nitrogens with zero attached hydrogens (tertiary/aromatic N) is 5. The van der Waals surface area contributed by atoms with E-state index in [1.807, 2.05) is 84.9 Å². The second-order valence-electron chi connectivity index (χ2n) is 14.5. The number of aromatic nitrogens is 3. The number of aliphatic hydroxyl groups is 1. The van der Waals surface area contributed by atoms with Gasteiger partial charge < -0.3 is 29.7 Å². The maximum Gasteiger partial charge on any atom is 0.306 e. The molecule has 8 atom stereocenters. The number of benzene rings is 3. The molecule has 3 fully saturated rings. The van der Waals surface area contributed by atoms with Gasteiger partial charge in [0.05, 0.1) is 42.1 Å². The molecule has 3 aliphatic heterocycles. The Morgan fingerprint density at radius 3 is 2.48 bits per heavy atom. The zero-order chi connectivity index (χ0) is 39.4. The minimum absolute atomic E-state index is 0.00246. The van der Waals surface area contributed by atoms with E-state index in [0.29, 0.717) is 17.5 Å². The summed E-state index contributed by atoms with van der Waals surface area (Å²) in [5.41, 5.74) is 1.54. The van der Waals surface area contributed by atoms with Crippen LogP contribution in [0.4, 0.5) is 0 Å². The van der Waals surface area contributed by atoms with Crippen LogP contribution in [0.3, 0.4) is 0 Å². The molecule has 2 N–H and O–H groups in total. The minimum Gasteiger partial charge on any atom is -0.463 e. The highest BCUT2D eigenvalue weighted by molar-refractivity contribution is 9.09. The maximum absolute atomic E-state index is 15.2. The summed E-state index contributed by atoms with van der Waals surface area (Å²) in [5.74, 6) is -3.83. The lowest BCUT2D eigenvalue weighted by molar-refractivity contribution is -0.152. The highest BCUT2D eigenvalue weighted by Gasteiger charge is 2.77. The molecular formula is C42H45BrN6O7. The number of carbonyl (C=O) groups excluding carboxylic acids is 4. The summed E-state index contributed by atoms with van der Waals surface area (Å²) in [4.78, 5) is 60.1. The van der Waals surface area contributed by atoms with Crippen molar-refractivity contribution in [2.45, 2.75) is 67.0 Å². The van der Waals surface area contributed by atoms with E-state index in [2.05, 4.69) is 44.7 Å². The van der Waals surface area contributed by atoms with Crippen molar-refractivity contribution < 1.29 is 33.8 Å². The number of halogens is 1. The van der Waals surface area contributed by atoms with Crippen LogP contribution < -0.4 is 5.32 Å². The molecular weight excluding hydrogens is 780 g/mol. The average Bonchev–Trinajstić information content (AvgIpc) is 3.94. The molecule has 1 spiro atoms. The van der Waals surface area contributed by atoms with Gasteiger partial charge in [0.25, 0.3) is 0 Å². The van der Waals surface area contributed by atoms with Crippen LogP contribution in [0.15, 0.2) is 110 Å². The van der Waals surface area contributed by atoms with Crippen molar-refractivity contribution in [2.75, 3.05) is 19.8 Å². The predicted molar refractivity (Wildman–Crippen MR) is 211 cm³/mol. The fourth-order valence-electron chi connectivity index (χ4n) is 8.55. The van der Waals surface area contributed by atoms with E-state index >= 15 is 9.59 Å². The van der Waals surface area contributed by atoms with Gasteiger partial charge in [-0.15, -0.1) is 18.3 Å². The van der Waals surface area contributed by atoms with Crippen molar-refractivity contribution in [1.82, 2.24) is 30.1 Å². The van der Waals surface area contributed by atoms with Crippen molar-refractivity contribution in [3.63, 3.8) is 0 Å². The van der Waals surface area contributed by atoms with Gasteiger partial charge in [0.1, 0.15) is 30.4 Å². The molecule has 13 nitrogen and oxygen atoms in total. The van der Waals surface area contributed by atoms with Crippen molar-refractivity contribution >= 4 is 50.7 Å². The van der Waals surface area contributed by atoms with Crippen molar-refractivity contribution in [2.24, 2.45) is 11.8 Å². The van der Waals surface area contributed by atoms with E-state index in [-0.39, 0.29) is 43.9 Å². The molecule has 4 aromatic rings. The number of allylic oxidation sites excluding steroid dienone is 1. The molecule has 0 saturated carbocycles. The predicted octanol–water partition coefficient (Wildman–Crippen LogP) is 4.12. The number of carbonyl (C=O) groups is 4. The summed E-state index contributed by atoms with van der Waals surface area (Å²) in [7, 11) is 0. The number of rotatable bonds is 17. The van der Waals surface area contributed by atoms with Gasteiger partial charge in [-0.25, -0.2) is 4.68 Å². The van der Waals surface area contributed by atoms with Crippen LogP contribution in [0.1, 0.15) is 36.4 Å². The molecule has 3 amide bonds. The fourth-order valence-corrected chi connectivity index (χ4v) is 9.49. The monoisotopic (exact) mass is 824 g/mol. The molecule has 56 heavy (non-hydrogen) atoms. The number of alkyl halides is 1. The number of amides is 3. The van der Waals surface area contributed by atoms with Gasteiger partial charge in [-0.1, -0.05) is 106 Å². The van der Waals surface area contributed by atoms with E-state index in [1.54, 1.807) is 21.7 Å². The number of para-hydroxylation sites is 1. The Bertz CT molecular complexity index is 2080. The van der Waals surface area contributed by atoms with Crippen LogP contribution in [0.25, 0.3) is 11.0 Å². The first-order valence-electron chi connectivity index (χ1n) is 18.8. The molecule has 7 rings (SSSR count). The van der Waals surface area contributed by atoms with Crippen LogP contribution in [-0.4, -0.2) is 102 Å². The average molecular weight is 826 g/mol. The van der Waals surface area contributed by atoms with Gasteiger partial charge in [-0.2, -0.15) is 0 Å². The van der Waals surface area contributed by atoms with Crippen molar-refractivity contribution in [3.05, 3.63) is 121 Å². The topological polar surface area (TPSA) is 156 Å². The summed E-state index contributed by atoms with van der Waals surface area (Å²) >= 11 is 3.76. The van der Waals surface area contributed by atoms with E-state index in [0.717, 1.165) is 11.1 Å². The normalized spacial score (nSPS) is 24.7. The summed E-state index contributed by atoms with van der Waals surface area (Å²) in [6.07, 6.45) is 3.62. The molecule has 2 bridgehead atoms. The number of hydrogen-bond acceptors (Lipinski definition) is 9. The Labute approximate surface area is 333 Å². The summed E-state index contributed by atoms with van der Waals surface area (Å²) in [6.45, 7) is 7.12. The van der Waals surface area contributed by atoms with Crippen molar-refractivity contribution in [3.8, 4) is 0 Å². The van der Waals surface area contributed by atoms with Gasteiger partial charge in [0.2, 0.25) is 17.7 Å². The molecule has 3 aromatic carbocycles. The van der Waals surface area contributed by atoms with Crippen LogP contribution in [0.5, 0.6) is 0 Å². The van der Waals surface area contributed by atoms with E-state index < -0.39 is 72.0 Å². The molecule has 0 radical (unpaired) electrons. The zero-order valence-electron chi connectivity index (χ0n) is 30.9. The quantitative estimate of drug-likeness (QED) is 0.0909. The summed E-state index contributed by atoms with van der Waals surface area (Å²) < 4.78 is 14.0. The first kappa shape index (κ1) is 39.1. The van der Waals surface area contributed by atoms with Gasteiger partial charge >= 0.3 is 5.97 Å². The number of ether oxygens (including phenoxy) is 2. The second-order valence-corrected chi connectivity index (χ2v) is 15.7. The highest BCUT2D eigenvalue weighted by Crippen LogP contribution is 2.60. The first-order valence-corrected chi connectivity index (χ1v) is 19.7. The third-order valence-electron chi connectivity index (χ3n) is 11.1. The maximum atomic E-state index is 15.2. The summed E-state index contributed by atoms with van der Waals surface area (Å²) in [5, 5.41) is 22.6. The number of aliphatic hydroxyl groups excluding tert-OH is 1. The van der Waals surface area contributed by atoms with E-state index in [9.17, 15) is 14.7 Å². The van der Waals surface area contributed by atoms with Crippen LogP contribution in [-0.2, 0) is 41.7 Å². The molecule has 1 aromatic heterocycles. The lowest BCUT2D eigenvalue weighted by Crippen LogP contribution is -2.59. The van der Waals surface area contributed by atoms with Gasteiger partial charge in [-0.3, -0.25) is 19.2 Å². The minimum atomic E-state index is -1.41.